The van der Waals surface area contributed by atoms with Crippen molar-refractivity contribution in [2.75, 3.05) is 12.0 Å². The van der Waals surface area contributed by atoms with E-state index in [9.17, 15) is 4.79 Å². The second-order valence-corrected chi connectivity index (χ2v) is 3.43. The van der Waals surface area contributed by atoms with E-state index in [0.29, 0.717) is 6.61 Å². The summed E-state index contributed by atoms with van der Waals surface area (Å²) in [6, 6.07) is 7.93. The maximum absolute atomic E-state index is 10.7. The average molecular weight is 207 g/mol. The zero-order valence-corrected chi connectivity index (χ0v) is 8.41. The second-order valence-electron chi connectivity index (χ2n) is 3.43. The Morgan fingerprint density at radius 1 is 1.40 bits per heavy atom. The molecule has 0 bridgehead atoms. The number of hydrazine groups is 1. The Kier molecular flexibility index (Phi) is 2.73. The maximum Gasteiger partial charge on any atom is 0.408 e. The summed E-state index contributed by atoms with van der Waals surface area (Å²) in [5.41, 5.74) is 8.08. The van der Waals surface area contributed by atoms with Gasteiger partial charge in [-0.2, -0.15) is 0 Å². The van der Waals surface area contributed by atoms with Crippen LogP contribution in [0.2, 0.25) is 0 Å². The molecule has 1 heterocycles. The predicted molar refractivity (Wildman–Crippen MR) is 56.2 cm³/mol. The summed E-state index contributed by atoms with van der Waals surface area (Å²) in [6.45, 7) is 2.36. The van der Waals surface area contributed by atoms with Gasteiger partial charge in [0.05, 0.1) is 0 Å². The molecule has 5 heteroatoms. The predicted octanol–water partition coefficient (Wildman–Crippen LogP) is 0.977. The molecule has 2 rings (SSSR count). The molecule has 15 heavy (non-hydrogen) atoms. The molecule has 1 fully saturated rings. The Labute approximate surface area is 87.8 Å². The van der Waals surface area contributed by atoms with Crippen molar-refractivity contribution in [3.8, 4) is 0 Å². The number of alkyl carbamates (subject to hydrolysis) is 1. The monoisotopic (exact) mass is 207 g/mol. The van der Waals surface area contributed by atoms with Gasteiger partial charge in [0, 0.05) is 5.69 Å². The molecule has 1 aromatic carbocycles. The van der Waals surface area contributed by atoms with E-state index in [1.54, 1.807) is 0 Å². The lowest BCUT2D eigenvalue weighted by Gasteiger charge is -2.12. The average Bonchev–Trinajstić information content (AvgIpc) is 2.64. The molecule has 1 aliphatic rings. The largest absolute Gasteiger partial charge is 0.446 e. The minimum absolute atomic E-state index is 0.182. The van der Waals surface area contributed by atoms with Gasteiger partial charge in [0.1, 0.15) is 12.8 Å². The van der Waals surface area contributed by atoms with Gasteiger partial charge < -0.3 is 15.5 Å². The van der Waals surface area contributed by atoms with Gasteiger partial charge in [0.15, 0.2) is 0 Å². The van der Waals surface area contributed by atoms with Gasteiger partial charge in [-0.1, -0.05) is 17.7 Å². The number of cyclic esters (lactones) is 1. The summed E-state index contributed by atoms with van der Waals surface area (Å²) < 4.78 is 4.72. The molecule has 1 saturated heterocycles. The highest BCUT2D eigenvalue weighted by Crippen LogP contribution is 2.07. The number of carbonyl (C=O) groups is 1. The number of aryl methyl sites for hydroxylation is 1. The fourth-order valence-corrected chi connectivity index (χ4v) is 1.27. The quantitative estimate of drug-likeness (QED) is 0.646. The normalized spacial score (nSPS) is 19.5. The molecule has 1 amide bonds. The van der Waals surface area contributed by atoms with E-state index in [2.05, 4.69) is 16.2 Å². The van der Waals surface area contributed by atoms with Crippen LogP contribution in [0.15, 0.2) is 24.3 Å². The van der Waals surface area contributed by atoms with Crippen molar-refractivity contribution < 1.29 is 9.53 Å². The molecule has 0 radical (unpaired) electrons. The number of amides is 1. The standard InChI is InChI=1S/C10H13N3O2/c1-7-2-4-8(5-3-7)12-13-9-6-15-10(14)11-9/h2-5,9,12-13H,6H2,1H3,(H,11,14)/t9-/m0/s1. The van der Waals surface area contributed by atoms with Crippen molar-refractivity contribution in [1.29, 1.82) is 0 Å². The first-order chi connectivity index (χ1) is 7.24. The lowest BCUT2D eigenvalue weighted by Crippen LogP contribution is -2.43. The summed E-state index contributed by atoms with van der Waals surface area (Å²) in [4.78, 5) is 10.7. The molecule has 1 atom stereocenters. The topological polar surface area (TPSA) is 62.4 Å². The molecular weight excluding hydrogens is 194 g/mol. The fourth-order valence-electron chi connectivity index (χ4n) is 1.27. The van der Waals surface area contributed by atoms with Crippen LogP contribution in [0.25, 0.3) is 0 Å². The van der Waals surface area contributed by atoms with E-state index in [-0.39, 0.29) is 6.17 Å². The van der Waals surface area contributed by atoms with Crippen LogP contribution in [0.5, 0.6) is 0 Å². The van der Waals surface area contributed by atoms with E-state index in [0.717, 1.165) is 5.69 Å². The van der Waals surface area contributed by atoms with Crippen LogP contribution in [0.1, 0.15) is 5.56 Å². The first-order valence-electron chi connectivity index (χ1n) is 4.75. The maximum atomic E-state index is 10.7. The minimum Gasteiger partial charge on any atom is -0.446 e. The Balaban J connectivity index is 1.83. The third kappa shape index (κ3) is 2.60. The zero-order chi connectivity index (χ0) is 10.7. The summed E-state index contributed by atoms with van der Waals surface area (Å²) in [5.74, 6) is 0. The van der Waals surface area contributed by atoms with Crippen LogP contribution < -0.4 is 16.2 Å². The SMILES string of the molecule is Cc1ccc(NN[C@H]2COC(=O)N2)cc1. The van der Waals surface area contributed by atoms with Crippen molar-refractivity contribution in [2.45, 2.75) is 13.1 Å². The highest BCUT2D eigenvalue weighted by molar-refractivity contribution is 5.69. The zero-order valence-electron chi connectivity index (χ0n) is 8.41. The highest BCUT2D eigenvalue weighted by Gasteiger charge is 2.20. The number of carbonyl (C=O) groups excluding carboxylic acids is 1. The van der Waals surface area contributed by atoms with Gasteiger partial charge in [0.25, 0.3) is 0 Å². The summed E-state index contributed by atoms with van der Waals surface area (Å²) in [7, 11) is 0. The van der Waals surface area contributed by atoms with E-state index in [4.69, 9.17) is 4.74 Å². The molecule has 0 aliphatic carbocycles. The smallest absolute Gasteiger partial charge is 0.408 e. The van der Waals surface area contributed by atoms with E-state index >= 15 is 0 Å². The van der Waals surface area contributed by atoms with Crippen molar-refractivity contribution in [1.82, 2.24) is 10.7 Å². The van der Waals surface area contributed by atoms with E-state index in [1.807, 2.05) is 31.2 Å². The van der Waals surface area contributed by atoms with Gasteiger partial charge in [-0.3, -0.25) is 0 Å². The first kappa shape index (κ1) is 9.79. The number of hydrogen-bond donors (Lipinski definition) is 3. The lowest BCUT2D eigenvalue weighted by molar-refractivity contribution is 0.176. The van der Waals surface area contributed by atoms with Crippen LogP contribution in [-0.4, -0.2) is 18.9 Å². The number of nitrogens with one attached hydrogen (secondary N) is 3. The molecule has 0 unspecified atom stereocenters. The second kappa shape index (κ2) is 4.18. The Bertz CT molecular complexity index is 350. The van der Waals surface area contributed by atoms with Crippen LogP contribution >= 0.6 is 0 Å². The number of ether oxygens (including phenoxy) is 1. The minimum atomic E-state index is -0.391. The van der Waals surface area contributed by atoms with Crippen LogP contribution in [0.4, 0.5) is 10.5 Å². The van der Waals surface area contributed by atoms with Gasteiger partial charge in [-0.25, -0.2) is 10.2 Å². The molecule has 1 aliphatic heterocycles. The summed E-state index contributed by atoms with van der Waals surface area (Å²) >= 11 is 0. The fraction of sp³-hybridized carbons (Fsp3) is 0.300. The number of benzene rings is 1. The van der Waals surface area contributed by atoms with Crippen LogP contribution in [-0.2, 0) is 4.74 Å². The van der Waals surface area contributed by atoms with E-state index < -0.39 is 6.09 Å². The number of rotatable bonds is 3. The van der Waals surface area contributed by atoms with E-state index in [1.165, 1.54) is 5.56 Å². The Morgan fingerprint density at radius 2 is 2.13 bits per heavy atom. The van der Waals surface area contributed by atoms with Gasteiger partial charge in [0.2, 0.25) is 0 Å². The van der Waals surface area contributed by atoms with Crippen LogP contribution in [0.3, 0.4) is 0 Å². The number of anilines is 1. The van der Waals surface area contributed by atoms with Crippen molar-refractivity contribution in [3.63, 3.8) is 0 Å². The molecule has 0 aromatic heterocycles. The Hall–Kier alpha value is -1.75. The highest BCUT2D eigenvalue weighted by atomic mass is 16.6. The number of hydrogen-bond acceptors (Lipinski definition) is 4. The van der Waals surface area contributed by atoms with Crippen LogP contribution in [0, 0.1) is 6.92 Å². The summed E-state index contributed by atoms with van der Waals surface area (Å²) in [6.07, 6.45) is -0.572. The van der Waals surface area contributed by atoms with Crippen molar-refractivity contribution >= 4 is 11.8 Å². The molecule has 0 spiro atoms. The molecule has 5 nitrogen and oxygen atoms in total. The molecule has 0 saturated carbocycles. The van der Waals surface area contributed by atoms with Gasteiger partial charge in [-0.15, -0.1) is 0 Å². The lowest BCUT2D eigenvalue weighted by atomic mass is 10.2. The molecule has 1 aromatic rings. The third-order valence-electron chi connectivity index (χ3n) is 2.12. The van der Waals surface area contributed by atoms with Gasteiger partial charge in [-0.05, 0) is 19.1 Å². The van der Waals surface area contributed by atoms with Crippen molar-refractivity contribution in [3.05, 3.63) is 29.8 Å². The van der Waals surface area contributed by atoms with Gasteiger partial charge >= 0.3 is 6.09 Å². The molecule has 80 valence electrons. The Morgan fingerprint density at radius 3 is 2.73 bits per heavy atom. The first-order valence-corrected chi connectivity index (χ1v) is 4.75. The third-order valence-corrected chi connectivity index (χ3v) is 2.12. The summed E-state index contributed by atoms with van der Waals surface area (Å²) in [5, 5.41) is 2.60. The molecular formula is C10H13N3O2. The van der Waals surface area contributed by atoms with Crippen molar-refractivity contribution in [2.24, 2.45) is 0 Å². The molecule has 3 N–H and O–H groups in total.